The molecule has 1 heterocycles. The molecular formula is C17H14N2O4. The minimum atomic E-state index is -0.570. The van der Waals surface area contributed by atoms with Gasteiger partial charge < -0.3 is 9.64 Å². The van der Waals surface area contributed by atoms with Gasteiger partial charge in [-0.3, -0.25) is 10.1 Å². The Labute approximate surface area is 132 Å². The number of carbonyl (C=O) groups is 1. The number of benzene rings is 2. The number of esters is 1. The summed E-state index contributed by atoms with van der Waals surface area (Å²) in [5.74, 6) is -0.169. The molecule has 1 aliphatic rings. The fourth-order valence-electron chi connectivity index (χ4n) is 2.37. The standard InChI is InChI=1S/C17H14N2O4/c1-18(2)12-5-3-11(4-6-12)9-16-14-8-7-13(19(21)22)10-15(14)17(20)23-16/h3-10H,1-2H3. The van der Waals surface area contributed by atoms with Gasteiger partial charge in [-0.2, -0.15) is 0 Å². The number of hydrogen-bond donors (Lipinski definition) is 0. The molecule has 6 heteroatoms. The lowest BCUT2D eigenvalue weighted by molar-refractivity contribution is -0.384. The van der Waals surface area contributed by atoms with E-state index in [1.54, 1.807) is 12.1 Å². The highest BCUT2D eigenvalue weighted by Gasteiger charge is 2.28. The van der Waals surface area contributed by atoms with Crippen molar-refractivity contribution in [3.63, 3.8) is 0 Å². The molecule has 0 unspecified atom stereocenters. The zero-order chi connectivity index (χ0) is 16.6. The maximum atomic E-state index is 11.9. The molecule has 1 aliphatic heterocycles. The van der Waals surface area contributed by atoms with E-state index in [2.05, 4.69) is 0 Å². The van der Waals surface area contributed by atoms with Crippen LogP contribution in [0.5, 0.6) is 0 Å². The van der Waals surface area contributed by atoms with E-state index in [0.717, 1.165) is 11.3 Å². The van der Waals surface area contributed by atoms with E-state index in [1.807, 2.05) is 43.3 Å². The van der Waals surface area contributed by atoms with Crippen LogP contribution in [0.3, 0.4) is 0 Å². The van der Waals surface area contributed by atoms with Crippen molar-refractivity contribution < 1.29 is 14.5 Å². The summed E-state index contributed by atoms with van der Waals surface area (Å²) in [6.07, 6.45) is 1.75. The Morgan fingerprint density at radius 1 is 1.09 bits per heavy atom. The number of anilines is 1. The third kappa shape index (κ3) is 2.78. The van der Waals surface area contributed by atoms with Gasteiger partial charge in [-0.15, -0.1) is 0 Å². The molecule has 0 saturated carbocycles. The van der Waals surface area contributed by atoms with Crippen molar-refractivity contribution in [3.05, 3.63) is 69.3 Å². The molecule has 0 spiro atoms. The second-order valence-electron chi connectivity index (χ2n) is 5.37. The van der Waals surface area contributed by atoms with Crippen LogP contribution in [0.15, 0.2) is 42.5 Å². The molecule has 0 atom stereocenters. The number of nitro groups is 1. The van der Waals surface area contributed by atoms with Crippen LogP contribution < -0.4 is 4.90 Å². The molecular weight excluding hydrogens is 296 g/mol. The van der Waals surface area contributed by atoms with E-state index < -0.39 is 10.9 Å². The summed E-state index contributed by atoms with van der Waals surface area (Å²) in [4.78, 5) is 24.1. The fraction of sp³-hybridized carbons (Fsp3) is 0.118. The highest BCUT2D eigenvalue weighted by atomic mass is 16.6. The number of non-ortho nitro benzene ring substituents is 1. The Kier molecular flexibility index (Phi) is 3.57. The third-order valence-corrected chi connectivity index (χ3v) is 3.61. The molecule has 6 nitrogen and oxygen atoms in total. The SMILES string of the molecule is CN(C)c1ccc(C=C2OC(=O)c3cc([N+](=O)[O-])ccc32)cc1. The first-order chi connectivity index (χ1) is 11.0. The minimum Gasteiger partial charge on any atom is -0.422 e. The molecule has 0 bridgehead atoms. The van der Waals surface area contributed by atoms with Gasteiger partial charge >= 0.3 is 5.97 Å². The summed E-state index contributed by atoms with van der Waals surface area (Å²) >= 11 is 0. The van der Waals surface area contributed by atoms with Crippen LogP contribution in [0.2, 0.25) is 0 Å². The number of nitrogens with zero attached hydrogens (tertiary/aromatic N) is 2. The van der Waals surface area contributed by atoms with Gasteiger partial charge in [-0.1, -0.05) is 12.1 Å². The lowest BCUT2D eigenvalue weighted by atomic mass is 10.1. The van der Waals surface area contributed by atoms with E-state index in [-0.39, 0.29) is 11.3 Å². The maximum absolute atomic E-state index is 11.9. The maximum Gasteiger partial charge on any atom is 0.344 e. The zero-order valence-corrected chi connectivity index (χ0v) is 12.6. The molecule has 0 aromatic heterocycles. The molecule has 0 radical (unpaired) electrons. The zero-order valence-electron chi connectivity index (χ0n) is 12.6. The minimum absolute atomic E-state index is 0.128. The van der Waals surface area contributed by atoms with Crippen molar-refractivity contribution in [1.29, 1.82) is 0 Å². The molecule has 23 heavy (non-hydrogen) atoms. The number of fused-ring (bicyclic) bond motifs is 1. The average molecular weight is 310 g/mol. The predicted molar refractivity (Wildman–Crippen MR) is 87.2 cm³/mol. The van der Waals surface area contributed by atoms with Crippen LogP contribution in [0, 0.1) is 10.1 Å². The first-order valence-electron chi connectivity index (χ1n) is 6.96. The molecule has 116 valence electrons. The quantitative estimate of drug-likeness (QED) is 0.494. The van der Waals surface area contributed by atoms with Crippen molar-refractivity contribution in [3.8, 4) is 0 Å². The van der Waals surface area contributed by atoms with E-state index in [1.165, 1.54) is 12.1 Å². The van der Waals surface area contributed by atoms with Gasteiger partial charge in [0.15, 0.2) is 0 Å². The third-order valence-electron chi connectivity index (χ3n) is 3.61. The molecule has 0 fully saturated rings. The van der Waals surface area contributed by atoms with E-state index >= 15 is 0 Å². The molecule has 3 rings (SSSR count). The highest BCUT2D eigenvalue weighted by Crippen LogP contribution is 2.33. The fourth-order valence-corrected chi connectivity index (χ4v) is 2.37. The average Bonchev–Trinajstić information content (AvgIpc) is 2.83. The normalized spacial score (nSPS) is 14.5. The van der Waals surface area contributed by atoms with Gasteiger partial charge in [0.05, 0.1) is 10.5 Å². The van der Waals surface area contributed by atoms with Crippen molar-refractivity contribution in [2.45, 2.75) is 0 Å². The number of cyclic esters (lactones) is 1. The van der Waals surface area contributed by atoms with Crippen LogP contribution >= 0.6 is 0 Å². The van der Waals surface area contributed by atoms with Crippen LogP contribution in [-0.4, -0.2) is 25.0 Å². The first kappa shape index (κ1) is 14.8. The van der Waals surface area contributed by atoms with E-state index in [0.29, 0.717) is 11.3 Å². The molecule has 0 saturated heterocycles. The van der Waals surface area contributed by atoms with Crippen molar-refractivity contribution in [2.75, 3.05) is 19.0 Å². The molecule has 0 amide bonds. The predicted octanol–water partition coefficient (Wildman–Crippen LogP) is 3.33. The van der Waals surface area contributed by atoms with Crippen molar-refractivity contribution in [2.24, 2.45) is 0 Å². The molecule has 2 aromatic rings. The lowest BCUT2D eigenvalue weighted by Crippen LogP contribution is -2.07. The second-order valence-corrected chi connectivity index (χ2v) is 5.37. The molecule has 2 aromatic carbocycles. The number of ether oxygens (including phenoxy) is 1. The van der Waals surface area contributed by atoms with Gasteiger partial charge in [-0.25, -0.2) is 4.79 Å². The van der Waals surface area contributed by atoms with E-state index in [4.69, 9.17) is 4.74 Å². The van der Waals surface area contributed by atoms with Gasteiger partial charge in [0.2, 0.25) is 0 Å². The number of rotatable bonds is 3. The summed E-state index contributed by atoms with van der Waals surface area (Å²) in [6, 6.07) is 11.9. The van der Waals surface area contributed by atoms with Crippen LogP contribution in [-0.2, 0) is 4.74 Å². The summed E-state index contributed by atoms with van der Waals surface area (Å²) in [5, 5.41) is 10.8. The van der Waals surface area contributed by atoms with Crippen LogP contribution in [0.4, 0.5) is 11.4 Å². The van der Waals surface area contributed by atoms with Crippen LogP contribution in [0.1, 0.15) is 21.5 Å². The summed E-state index contributed by atoms with van der Waals surface area (Å²) in [6.45, 7) is 0. The van der Waals surface area contributed by atoms with Crippen molar-refractivity contribution >= 4 is 29.2 Å². The largest absolute Gasteiger partial charge is 0.422 e. The highest BCUT2D eigenvalue weighted by molar-refractivity contribution is 6.06. The second kappa shape index (κ2) is 5.57. The van der Waals surface area contributed by atoms with Gasteiger partial charge in [0, 0.05) is 37.5 Å². The Morgan fingerprint density at radius 2 is 1.78 bits per heavy atom. The Morgan fingerprint density at radius 3 is 2.39 bits per heavy atom. The smallest absolute Gasteiger partial charge is 0.344 e. The van der Waals surface area contributed by atoms with Crippen molar-refractivity contribution in [1.82, 2.24) is 0 Å². The summed E-state index contributed by atoms with van der Waals surface area (Å²) in [5.41, 5.74) is 2.60. The number of nitro benzene ring substituents is 1. The lowest BCUT2D eigenvalue weighted by Gasteiger charge is -2.11. The monoisotopic (exact) mass is 310 g/mol. The van der Waals surface area contributed by atoms with Gasteiger partial charge in [-0.05, 0) is 29.8 Å². The molecule has 0 aliphatic carbocycles. The number of hydrogen-bond acceptors (Lipinski definition) is 5. The number of carbonyl (C=O) groups excluding carboxylic acids is 1. The summed E-state index contributed by atoms with van der Waals surface area (Å²) in [7, 11) is 3.91. The molecule has 0 N–H and O–H groups in total. The Hall–Kier alpha value is -3.15. The Bertz CT molecular complexity index is 823. The summed E-state index contributed by atoms with van der Waals surface area (Å²) < 4.78 is 5.24. The van der Waals surface area contributed by atoms with Crippen LogP contribution in [0.25, 0.3) is 11.8 Å². The van der Waals surface area contributed by atoms with Gasteiger partial charge in [0.1, 0.15) is 5.76 Å². The van der Waals surface area contributed by atoms with E-state index in [9.17, 15) is 14.9 Å². The topological polar surface area (TPSA) is 72.7 Å². The first-order valence-corrected chi connectivity index (χ1v) is 6.96. The van der Waals surface area contributed by atoms with Gasteiger partial charge in [0.25, 0.3) is 5.69 Å². The Balaban J connectivity index is 1.97.